The number of hydrogen-bond acceptors (Lipinski definition) is 2. The second kappa shape index (κ2) is 6.49. The van der Waals surface area contributed by atoms with Crippen LogP contribution >= 0.6 is 0 Å². The third-order valence-corrected chi connectivity index (χ3v) is 7.73. The minimum Gasteiger partial charge on any atom is -0.493 e. The van der Waals surface area contributed by atoms with Gasteiger partial charge in [0.15, 0.2) is 0 Å². The normalized spacial score (nSPS) is 36.2. The summed E-state index contributed by atoms with van der Waals surface area (Å²) in [4.78, 5) is 0. The van der Waals surface area contributed by atoms with Crippen molar-refractivity contribution in [2.45, 2.75) is 77.8 Å². The van der Waals surface area contributed by atoms with E-state index in [2.05, 4.69) is 62.5 Å². The van der Waals surface area contributed by atoms with Crippen LogP contribution in [0.5, 0.6) is 5.75 Å². The highest BCUT2D eigenvalue weighted by atomic mass is 16.5. The molecule has 150 valence electrons. The van der Waals surface area contributed by atoms with E-state index in [4.69, 9.17) is 4.74 Å². The summed E-state index contributed by atoms with van der Waals surface area (Å²) in [5, 5.41) is 6.77. The molecule has 4 aliphatic carbocycles. The van der Waals surface area contributed by atoms with Gasteiger partial charge in [-0.3, -0.25) is 0 Å². The smallest absolute Gasteiger partial charge is 0.124 e. The van der Waals surface area contributed by atoms with Gasteiger partial charge in [-0.25, -0.2) is 0 Å². The zero-order chi connectivity index (χ0) is 19.4. The molecule has 4 aliphatic rings. The molecule has 0 heterocycles. The van der Waals surface area contributed by atoms with Crippen LogP contribution < -0.4 is 10.1 Å². The molecule has 2 heteroatoms. The molecule has 0 radical (unpaired) electrons. The molecule has 4 bridgehead atoms. The van der Waals surface area contributed by atoms with Crippen LogP contribution in [0.4, 0.5) is 0 Å². The third kappa shape index (κ3) is 3.14. The molecular formula is C26H35NO. The van der Waals surface area contributed by atoms with Gasteiger partial charge >= 0.3 is 0 Å². The molecule has 0 aliphatic heterocycles. The molecule has 2 aromatic rings. The zero-order valence-electron chi connectivity index (χ0n) is 17.8. The average Bonchev–Trinajstić information content (AvgIpc) is 2.62. The van der Waals surface area contributed by atoms with Gasteiger partial charge in [-0.1, -0.05) is 51.1 Å². The van der Waals surface area contributed by atoms with E-state index in [1.54, 1.807) is 0 Å². The van der Waals surface area contributed by atoms with Crippen molar-refractivity contribution in [2.75, 3.05) is 6.61 Å². The van der Waals surface area contributed by atoms with E-state index in [-0.39, 0.29) is 0 Å². The molecule has 28 heavy (non-hydrogen) atoms. The Morgan fingerprint density at radius 1 is 0.964 bits per heavy atom. The van der Waals surface area contributed by atoms with Crippen LogP contribution in [0.1, 0.15) is 71.3 Å². The van der Waals surface area contributed by atoms with Crippen LogP contribution in [0.25, 0.3) is 10.8 Å². The molecule has 4 fully saturated rings. The van der Waals surface area contributed by atoms with Crippen LogP contribution in [0.3, 0.4) is 0 Å². The highest BCUT2D eigenvalue weighted by molar-refractivity contribution is 5.87. The highest BCUT2D eigenvalue weighted by Crippen LogP contribution is 2.66. The van der Waals surface area contributed by atoms with Gasteiger partial charge in [-0.05, 0) is 78.5 Å². The molecule has 2 aromatic carbocycles. The summed E-state index contributed by atoms with van der Waals surface area (Å²) in [6, 6.07) is 13.1. The van der Waals surface area contributed by atoms with Crippen molar-refractivity contribution in [3.05, 3.63) is 42.0 Å². The maximum Gasteiger partial charge on any atom is 0.124 e. The van der Waals surface area contributed by atoms with E-state index in [1.165, 1.54) is 54.9 Å². The minimum atomic E-state index is 0.321. The molecule has 6 rings (SSSR count). The lowest BCUT2D eigenvalue weighted by molar-refractivity contribution is -0.118. The van der Waals surface area contributed by atoms with Crippen LogP contribution in [-0.4, -0.2) is 12.1 Å². The maximum atomic E-state index is 6.17. The maximum absolute atomic E-state index is 6.17. The summed E-state index contributed by atoms with van der Waals surface area (Å²) in [7, 11) is 0. The van der Waals surface area contributed by atoms with Gasteiger partial charge in [-0.2, -0.15) is 0 Å². The summed E-state index contributed by atoms with van der Waals surface area (Å²) in [6.45, 7) is 8.99. The topological polar surface area (TPSA) is 21.3 Å². The molecule has 2 nitrogen and oxygen atoms in total. The van der Waals surface area contributed by atoms with E-state index in [1.807, 2.05) is 0 Å². The van der Waals surface area contributed by atoms with Crippen LogP contribution in [0.2, 0.25) is 0 Å². The summed E-state index contributed by atoms with van der Waals surface area (Å²) < 4.78 is 6.17. The first-order valence-electron chi connectivity index (χ1n) is 11.3. The fraction of sp³-hybridized carbons (Fsp3) is 0.615. The monoisotopic (exact) mass is 377 g/mol. The predicted molar refractivity (Wildman–Crippen MR) is 117 cm³/mol. The lowest BCUT2D eigenvalue weighted by Gasteiger charge is -2.65. The van der Waals surface area contributed by atoms with E-state index < -0.39 is 0 Å². The first-order valence-corrected chi connectivity index (χ1v) is 11.3. The largest absolute Gasteiger partial charge is 0.493 e. The molecule has 0 amide bonds. The van der Waals surface area contributed by atoms with Gasteiger partial charge < -0.3 is 10.1 Å². The van der Waals surface area contributed by atoms with Crippen LogP contribution in [0, 0.1) is 16.7 Å². The highest BCUT2D eigenvalue weighted by Gasteiger charge is 2.59. The van der Waals surface area contributed by atoms with Gasteiger partial charge in [0.2, 0.25) is 0 Å². The van der Waals surface area contributed by atoms with E-state index in [0.717, 1.165) is 31.2 Å². The van der Waals surface area contributed by atoms with E-state index in [9.17, 15) is 0 Å². The molecule has 4 saturated carbocycles. The molecule has 0 saturated heterocycles. The summed E-state index contributed by atoms with van der Waals surface area (Å²) in [5.74, 6) is 1.98. The van der Waals surface area contributed by atoms with E-state index in [0.29, 0.717) is 16.4 Å². The Hall–Kier alpha value is -1.54. The molecule has 2 unspecified atom stereocenters. The van der Waals surface area contributed by atoms with Crippen molar-refractivity contribution in [2.24, 2.45) is 16.7 Å². The van der Waals surface area contributed by atoms with Crippen LogP contribution in [-0.2, 0) is 6.54 Å². The molecule has 1 N–H and O–H groups in total. The Morgan fingerprint density at radius 2 is 1.71 bits per heavy atom. The number of rotatable bonds is 6. The first kappa shape index (κ1) is 18.5. The zero-order valence-corrected chi connectivity index (χ0v) is 17.8. The average molecular weight is 378 g/mol. The fourth-order valence-electron chi connectivity index (χ4n) is 7.77. The lowest BCUT2D eigenvalue weighted by atomic mass is 9.43. The van der Waals surface area contributed by atoms with Crippen LogP contribution in [0.15, 0.2) is 36.4 Å². The van der Waals surface area contributed by atoms with Gasteiger partial charge in [0.25, 0.3) is 0 Å². The Morgan fingerprint density at radius 3 is 2.43 bits per heavy atom. The second-order valence-corrected chi connectivity index (χ2v) is 10.9. The van der Waals surface area contributed by atoms with E-state index >= 15 is 0 Å². The van der Waals surface area contributed by atoms with Crippen molar-refractivity contribution in [3.63, 3.8) is 0 Å². The quantitative estimate of drug-likeness (QED) is 0.623. The number of ether oxygens (including phenoxy) is 1. The number of hydrogen-bond donors (Lipinski definition) is 1. The Kier molecular flexibility index (Phi) is 4.28. The number of fused-ring (bicyclic) bond motifs is 1. The summed E-state index contributed by atoms with van der Waals surface area (Å²) in [5.41, 5.74) is 2.75. The standard InChI is InChI=1S/C26H35NO/c1-4-11-28-23-10-9-20-7-5-6-8-21(20)22(23)15-27-26-14-19-12-24(2,17-26)16-25(3,13-19)18-26/h5-10,19,27H,4,11-18H2,1-3H3. The Balaban J connectivity index is 1.46. The fourth-order valence-corrected chi connectivity index (χ4v) is 7.77. The van der Waals surface area contributed by atoms with Crippen molar-refractivity contribution >= 4 is 10.8 Å². The summed E-state index contributed by atoms with van der Waals surface area (Å²) in [6.07, 6.45) is 9.44. The van der Waals surface area contributed by atoms with Crippen molar-refractivity contribution in [1.29, 1.82) is 0 Å². The van der Waals surface area contributed by atoms with Gasteiger partial charge in [0.1, 0.15) is 5.75 Å². The van der Waals surface area contributed by atoms with Gasteiger partial charge in [0, 0.05) is 17.6 Å². The number of nitrogens with one attached hydrogen (secondary N) is 1. The van der Waals surface area contributed by atoms with Crippen molar-refractivity contribution in [1.82, 2.24) is 5.32 Å². The second-order valence-electron chi connectivity index (χ2n) is 10.9. The molecule has 0 spiro atoms. The van der Waals surface area contributed by atoms with Crippen molar-refractivity contribution in [3.8, 4) is 5.75 Å². The minimum absolute atomic E-state index is 0.321. The molecular weight excluding hydrogens is 342 g/mol. The van der Waals surface area contributed by atoms with Gasteiger partial charge in [-0.15, -0.1) is 0 Å². The third-order valence-electron chi connectivity index (χ3n) is 7.73. The Bertz CT molecular complexity index is 869. The molecule has 0 aromatic heterocycles. The SMILES string of the molecule is CCCOc1ccc2ccccc2c1CNC12CC3CC(C)(CC(C)(C3)C1)C2. The summed E-state index contributed by atoms with van der Waals surface area (Å²) >= 11 is 0. The van der Waals surface area contributed by atoms with Crippen molar-refractivity contribution < 1.29 is 4.74 Å². The number of benzene rings is 2. The lowest BCUT2D eigenvalue weighted by Crippen LogP contribution is -2.63. The first-order chi connectivity index (χ1) is 13.4. The van der Waals surface area contributed by atoms with Gasteiger partial charge in [0.05, 0.1) is 6.61 Å². The Labute approximate surface area is 170 Å². The predicted octanol–water partition coefficient (Wildman–Crippen LogP) is 6.47. The molecule has 2 atom stereocenters.